The van der Waals surface area contributed by atoms with Crippen molar-refractivity contribution in [1.29, 1.82) is 0 Å². The van der Waals surface area contributed by atoms with Crippen molar-refractivity contribution in [3.05, 3.63) is 23.2 Å². The number of nitrogens with one attached hydrogen (secondary N) is 1. The molecule has 1 aromatic rings. The summed E-state index contributed by atoms with van der Waals surface area (Å²) in [4.78, 5) is 11.6. The van der Waals surface area contributed by atoms with Crippen LogP contribution in [0.25, 0.3) is 0 Å². The molecule has 1 amide bonds. The molecule has 5 nitrogen and oxygen atoms in total. The fourth-order valence-corrected chi connectivity index (χ4v) is 1.41. The number of carbonyl (C=O) groups is 1. The summed E-state index contributed by atoms with van der Waals surface area (Å²) in [6.45, 7) is 3.92. The molecule has 16 heavy (non-hydrogen) atoms. The molecule has 1 atom stereocenters. The van der Waals surface area contributed by atoms with E-state index in [1.54, 1.807) is 19.9 Å². The third-order valence-electron chi connectivity index (χ3n) is 2.10. The molecule has 0 aliphatic rings. The molecule has 0 aliphatic carbocycles. The van der Waals surface area contributed by atoms with Crippen LogP contribution in [0.1, 0.15) is 21.9 Å². The monoisotopic (exact) mass is 227 g/mol. The standard InChI is InChI=1S/C11H17NO4/c1-7-4-8(2)16-10(7)11(14)12-5-9(13)6-15-3/h4,9,13H,5-6H2,1-3H3,(H,12,14). The van der Waals surface area contributed by atoms with E-state index in [1.165, 1.54) is 7.11 Å². The van der Waals surface area contributed by atoms with Crippen LogP contribution in [0.3, 0.4) is 0 Å². The van der Waals surface area contributed by atoms with Crippen LogP contribution in [0.5, 0.6) is 0 Å². The average Bonchev–Trinajstić information content (AvgIpc) is 2.55. The maximum Gasteiger partial charge on any atom is 0.287 e. The molecule has 0 spiro atoms. The van der Waals surface area contributed by atoms with Crippen LogP contribution in [0.2, 0.25) is 0 Å². The van der Waals surface area contributed by atoms with Gasteiger partial charge >= 0.3 is 0 Å². The molecule has 1 unspecified atom stereocenters. The van der Waals surface area contributed by atoms with Crippen LogP contribution in [0, 0.1) is 13.8 Å². The number of carbonyl (C=O) groups excluding carboxylic acids is 1. The Kier molecular flexibility index (Phi) is 4.52. The predicted molar refractivity (Wildman–Crippen MR) is 58.4 cm³/mol. The Morgan fingerprint density at radius 3 is 2.81 bits per heavy atom. The SMILES string of the molecule is COCC(O)CNC(=O)c1oc(C)cc1C. The molecule has 2 N–H and O–H groups in total. The van der Waals surface area contributed by atoms with E-state index in [1.807, 2.05) is 0 Å². The van der Waals surface area contributed by atoms with Crippen LogP contribution < -0.4 is 5.32 Å². The summed E-state index contributed by atoms with van der Waals surface area (Å²) < 4.78 is 9.99. The number of aryl methyl sites for hydroxylation is 2. The zero-order valence-electron chi connectivity index (χ0n) is 9.74. The minimum absolute atomic E-state index is 0.145. The molecule has 0 aliphatic heterocycles. The zero-order chi connectivity index (χ0) is 12.1. The number of hydrogen-bond donors (Lipinski definition) is 2. The van der Waals surface area contributed by atoms with Gasteiger partial charge in [-0.1, -0.05) is 0 Å². The largest absolute Gasteiger partial charge is 0.456 e. The second-order valence-electron chi connectivity index (χ2n) is 3.69. The number of furan rings is 1. The van der Waals surface area contributed by atoms with Gasteiger partial charge in [0.2, 0.25) is 0 Å². The van der Waals surface area contributed by atoms with E-state index in [4.69, 9.17) is 9.15 Å². The lowest BCUT2D eigenvalue weighted by atomic mass is 10.2. The summed E-state index contributed by atoms with van der Waals surface area (Å²) in [7, 11) is 1.49. The lowest BCUT2D eigenvalue weighted by molar-refractivity contribution is 0.0602. The molecule has 0 radical (unpaired) electrons. The normalized spacial score (nSPS) is 12.5. The number of amides is 1. The van der Waals surface area contributed by atoms with Crippen LogP contribution in [0.15, 0.2) is 10.5 Å². The molecule has 0 bridgehead atoms. The smallest absolute Gasteiger partial charge is 0.287 e. The number of hydrogen-bond acceptors (Lipinski definition) is 4. The molecule has 90 valence electrons. The minimum Gasteiger partial charge on any atom is -0.456 e. The van der Waals surface area contributed by atoms with Gasteiger partial charge in [-0.15, -0.1) is 0 Å². The molecule has 1 aromatic heterocycles. The van der Waals surface area contributed by atoms with Gasteiger partial charge in [0, 0.05) is 19.2 Å². The molecule has 5 heteroatoms. The first-order valence-corrected chi connectivity index (χ1v) is 5.06. The van der Waals surface area contributed by atoms with Gasteiger partial charge in [-0.3, -0.25) is 4.79 Å². The molecule has 1 rings (SSSR count). The third kappa shape index (κ3) is 3.36. The molecule has 0 aromatic carbocycles. The van der Waals surface area contributed by atoms with Crippen molar-refractivity contribution in [1.82, 2.24) is 5.32 Å². The van der Waals surface area contributed by atoms with Gasteiger partial charge in [-0.25, -0.2) is 0 Å². The number of ether oxygens (including phenoxy) is 1. The van der Waals surface area contributed by atoms with Gasteiger partial charge in [0.1, 0.15) is 5.76 Å². The van der Waals surface area contributed by atoms with Crippen molar-refractivity contribution in [2.75, 3.05) is 20.3 Å². The number of aliphatic hydroxyl groups is 1. The fraction of sp³-hybridized carbons (Fsp3) is 0.545. The van der Waals surface area contributed by atoms with Crippen molar-refractivity contribution in [3.63, 3.8) is 0 Å². The Labute approximate surface area is 94.4 Å². The van der Waals surface area contributed by atoms with E-state index in [0.29, 0.717) is 11.5 Å². The van der Waals surface area contributed by atoms with Crippen molar-refractivity contribution >= 4 is 5.91 Å². The zero-order valence-corrected chi connectivity index (χ0v) is 9.74. The summed E-state index contributed by atoms with van der Waals surface area (Å²) in [6.07, 6.45) is -0.703. The summed E-state index contributed by atoms with van der Waals surface area (Å²) in [6, 6.07) is 1.79. The highest BCUT2D eigenvalue weighted by Gasteiger charge is 2.15. The topological polar surface area (TPSA) is 71.7 Å². The number of methoxy groups -OCH3 is 1. The van der Waals surface area contributed by atoms with Crippen LogP contribution in [-0.2, 0) is 4.74 Å². The first-order valence-electron chi connectivity index (χ1n) is 5.06. The maximum atomic E-state index is 11.6. The Balaban J connectivity index is 2.50. The van der Waals surface area contributed by atoms with E-state index in [9.17, 15) is 9.90 Å². The van der Waals surface area contributed by atoms with E-state index in [-0.39, 0.29) is 19.1 Å². The fourth-order valence-electron chi connectivity index (χ4n) is 1.41. The number of aliphatic hydroxyl groups excluding tert-OH is 1. The summed E-state index contributed by atoms with van der Waals surface area (Å²) >= 11 is 0. The van der Waals surface area contributed by atoms with E-state index < -0.39 is 6.10 Å². The number of rotatable bonds is 5. The second-order valence-corrected chi connectivity index (χ2v) is 3.69. The summed E-state index contributed by atoms with van der Waals surface area (Å²) in [5.41, 5.74) is 0.788. The van der Waals surface area contributed by atoms with Crippen LogP contribution >= 0.6 is 0 Å². The molecule has 0 saturated carbocycles. The molecule has 0 saturated heterocycles. The average molecular weight is 227 g/mol. The quantitative estimate of drug-likeness (QED) is 0.774. The molecule has 0 fully saturated rings. The highest BCUT2D eigenvalue weighted by molar-refractivity contribution is 5.92. The lowest BCUT2D eigenvalue weighted by Gasteiger charge is -2.09. The summed E-state index contributed by atoms with van der Waals surface area (Å²) in [5, 5.41) is 11.9. The molecule has 1 heterocycles. The van der Waals surface area contributed by atoms with Gasteiger partial charge in [-0.05, 0) is 19.9 Å². The van der Waals surface area contributed by atoms with Gasteiger partial charge in [0.25, 0.3) is 5.91 Å². The van der Waals surface area contributed by atoms with Gasteiger partial charge in [0.05, 0.1) is 12.7 Å². The van der Waals surface area contributed by atoms with Gasteiger partial charge in [0.15, 0.2) is 5.76 Å². The second kappa shape index (κ2) is 5.67. The first kappa shape index (κ1) is 12.7. The Morgan fingerprint density at radius 2 is 2.31 bits per heavy atom. The third-order valence-corrected chi connectivity index (χ3v) is 2.10. The Bertz CT molecular complexity index is 359. The van der Waals surface area contributed by atoms with Crippen molar-refractivity contribution < 1.29 is 19.1 Å². The highest BCUT2D eigenvalue weighted by Crippen LogP contribution is 2.13. The first-order chi connectivity index (χ1) is 7.54. The molecular formula is C11H17NO4. The van der Waals surface area contributed by atoms with E-state index in [2.05, 4.69) is 5.32 Å². The maximum absolute atomic E-state index is 11.6. The van der Waals surface area contributed by atoms with Crippen LogP contribution in [-0.4, -0.2) is 37.4 Å². The molecular weight excluding hydrogens is 210 g/mol. The van der Waals surface area contributed by atoms with Gasteiger partial charge in [-0.2, -0.15) is 0 Å². The van der Waals surface area contributed by atoms with E-state index in [0.717, 1.165) is 5.56 Å². The van der Waals surface area contributed by atoms with Crippen molar-refractivity contribution in [2.45, 2.75) is 20.0 Å². The lowest BCUT2D eigenvalue weighted by Crippen LogP contribution is -2.34. The van der Waals surface area contributed by atoms with Crippen molar-refractivity contribution in [3.8, 4) is 0 Å². The summed E-state index contributed by atoms with van der Waals surface area (Å²) in [5.74, 6) is 0.669. The Hall–Kier alpha value is -1.33. The van der Waals surface area contributed by atoms with Crippen LogP contribution in [0.4, 0.5) is 0 Å². The highest BCUT2D eigenvalue weighted by atomic mass is 16.5. The predicted octanol–water partition coefficient (Wildman–Crippen LogP) is 0.634. The minimum atomic E-state index is -0.703. The van der Waals surface area contributed by atoms with E-state index >= 15 is 0 Å². The Morgan fingerprint density at radius 1 is 1.62 bits per heavy atom. The van der Waals surface area contributed by atoms with Gasteiger partial charge < -0.3 is 19.6 Å². The van der Waals surface area contributed by atoms with Crippen molar-refractivity contribution in [2.24, 2.45) is 0 Å².